The van der Waals surface area contributed by atoms with E-state index in [-0.39, 0.29) is 18.1 Å². The van der Waals surface area contributed by atoms with Crippen LogP contribution in [0.25, 0.3) is 0 Å². The Kier molecular flexibility index (Phi) is 2.59. The highest BCUT2D eigenvalue weighted by Crippen LogP contribution is 2.15. The van der Waals surface area contributed by atoms with Crippen molar-refractivity contribution in [3.8, 4) is 5.75 Å². The van der Waals surface area contributed by atoms with Crippen LogP contribution in [-0.2, 0) is 6.54 Å². The van der Waals surface area contributed by atoms with Crippen LogP contribution in [0.15, 0.2) is 41.3 Å². The Labute approximate surface area is 91.8 Å². The zero-order valence-electron chi connectivity index (χ0n) is 8.50. The van der Waals surface area contributed by atoms with Gasteiger partial charge in [0.1, 0.15) is 11.6 Å². The Morgan fingerprint density at radius 3 is 2.75 bits per heavy atom. The molecule has 0 saturated carbocycles. The summed E-state index contributed by atoms with van der Waals surface area (Å²) in [7, 11) is 0. The lowest BCUT2D eigenvalue weighted by Crippen LogP contribution is -2.23. The molecule has 82 valence electrons. The van der Waals surface area contributed by atoms with Gasteiger partial charge >= 0.3 is 5.69 Å². The molecule has 2 aromatic rings. The van der Waals surface area contributed by atoms with Gasteiger partial charge in [-0.15, -0.1) is 0 Å². The number of phenols is 1. The van der Waals surface area contributed by atoms with Crippen molar-refractivity contribution < 1.29 is 5.11 Å². The number of aromatic nitrogens is 2. The molecular weight excluding hydrogens is 206 g/mol. The molecule has 0 radical (unpaired) electrons. The number of nitrogens with zero attached hydrogens (tertiary/aromatic N) is 2. The SMILES string of the molecule is Nc1ccn(Cc2ccccc2O)c(=O)n1. The van der Waals surface area contributed by atoms with E-state index in [4.69, 9.17) is 5.73 Å². The third-order valence-corrected chi connectivity index (χ3v) is 2.23. The molecule has 0 atom stereocenters. The number of phenolic OH excluding ortho intramolecular Hbond substituents is 1. The Bertz CT molecular complexity index is 563. The van der Waals surface area contributed by atoms with E-state index in [9.17, 15) is 9.90 Å². The Hall–Kier alpha value is -2.30. The molecule has 0 fully saturated rings. The van der Waals surface area contributed by atoms with Gasteiger partial charge in [0.25, 0.3) is 0 Å². The van der Waals surface area contributed by atoms with Crippen molar-refractivity contribution in [2.24, 2.45) is 0 Å². The molecule has 0 spiro atoms. The number of para-hydroxylation sites is 1. The third kappa shape index (κ3) is 2.03. The van der Waals surface area contributed by atoms with Crippen LogP contribution in [0.3, 0.4) is 0 Å². The number of hydrogen-bond donors (Lipinski definition) is 2. The van der Waals surface area contributed by atoms with Gasteiger partial charge in [-0.25, -0.2) is 4.79 Å². The van der Waals surface area contributed by atoms with Gasteiger partial charge in [0.05, 0.1) is 6.54 Å². The third-order valence-electron chi connectivity index (χ3n) is 2.23. The Balaban J connectivity index is 2.35. The zero-order valence-corrected chi connectivity index (χ0v) is 8.50. The zero-order chi connectivity index (χ0) is 11.5. The fourth-order valence-corrected chi connectivity index (χ4v) is 1.39. The topological polar surface area (TPSA) is 81.1 Å². The molecule has 1 heterocycles. The van der Waals surface area contributed by atoms with Gasteiger partial charge in [-0.2, -0.15) is 4.98 Å². The van der Waals surface area contributed by atoms with Gasteiger partial charge in [-0.1, -0.05) is 18.2 Å². The van der Waals surface area contributed by atoms with Crippen molar-refractivity contribution >= 4 is 5.82 Å². The monoisotopic (exact) mass is 217 g/mol. The first kappa shape index (κ1) is 10.2. The number of aromatic hydroxyl groups is 1. The molecule has 2 rings (SSSR count). The van der Waals surface area contributed by atoms with Crippen LogP contribution in [-0.4, -0.2) is 14.7 Å². The largest absolute Gasteiger partial charge is 0.508 e. The number of anilines is 1. The highest BCUT2D eigenvalue weighted by Gasteiger charge is 2.03. The van der Waals surface area contributed by atoms with E-state index < -0.39 is 5.69 Å². The van der Waals surface area contributed by atoms with Crippen LogP contribution in [0.5, 0.6) is 5.75 Å². The standard InChI is InChI=1S/C11H11N3O2/c12-10-5-6-14(11(16)13-10)7-8-3-1-2-4-9(8)15/h1-6,15H,7H2,(H2,12,13,16). The molecule has 0 saturated heterocycles. The predicted molar refractivity (Wildman–Crippen MR) is 60.1 cm³/mol. The molecule has 0 amide bonds. The maximum Gasteiger partial charge on any atom is 0.349 e. The molecule has 5 nitrogen and oxygen atoms in total. The van der Waals surface area contributed by atoms with Crippen LogP contribution < -0.4 is 11.4 Å². The maximum absolute atomic E-state index is 11.4. The molecule has 0 aliphatic rings. The summed E-state index contributed by atoms with van der Waals surface area (Å²) >= 11 is 0. The van der Waals surface area contributed by atoms with E-state index in [1.54, 1.807) is 36.5 Å². The minimum Gasteiger partial charge on any atom is -0.508 e. The lowest BCUT2D eigenvalue weighted by atomic mass is 10.2. The summed E-state index contributed by atoms with van der Waals surface area (Å²) in [6.45, 7) is 0.277. The average molecular weight is 217 g/mol. The Morgan fingerprint density at radius 2 is 2.06 bits per heavy atom. The highest BCUT2D eigenvalue weighted by molar-refractivity contribution is 5.32. The summed E-state index contributed by atoms with van der Waals surface area (Å²) in [5, 5.41) is 9.56. The van der Waals surface area contributed by atoms with E-state index in [1.165, 1.54) is 4.57 Å². The van der Waals surface area contributed by atoms with Gasteiger partial charge in [0, 0.05) is 11.8 Å². The summed E-state index contributed by atoms with van der Waals surface area (Å²) in [4.78, 5) is 15.0. The van der Waals surface area contributed by atoms with E-state index in [0.29, 0.717) is 5.56 Å². The molecule has 5 heteroatoms. The minimum atomic E-state index is -0.428. The van der Waals surface area contributed by atoms with Crippen molar-refractivity contribution in [2.75, 3.05) is 5.73 Å². The van der Waals surface area contributed by atoms with Crippen molar-refractivity contribution in [3.63, 3.8) is 0 Å². The van der Waals surface area contributed by atoms with Crippen LogP contribution in [0.1, 0.15) is 5.56 Å². The highest BCUT2D eigenvalue weighted by atomic mass is 16.3. The van der Waals surface area contributed by atoms with Crippen molar-refractivity contribution in [2.45, 2.75) is 6.54 Å². The lowest BCUT2D eigenvalue weighted by molar-refractivity contribution is 0.465. The van der Waals surface area contributed by atoms with Crippen LogP contribution in [0, 0.1) is 0 Å². The molecule has 3 N–H and O–H groups in total. The second kappa shape index (κ2) is 4.06. The quantitative estimate of drug-likeness (QED) is 0.771. The fraction of sp³-hybridized carbons (Fsp3) is 0.0909. The van der Waals surface area contributed by atoms with Crippen LogP contribution >= 0.6 is 0 Å². The first-order valence-corrected chi connectivity index (χ1v) is 4.76. The number of hydrogen-bond acceptors (Lipinski definition) is 4. The number of rotatable bonds is 2. The van der Waals surface area contributed by atoms with E-state index in [0.717, 1.165) is 0 Å². The second-order valence-electron chi connectivity index (χ2n) is 3.39. The summed E-state index contributed by atoms with van der Waals surface area (Å²) in [6.07, 6.45) is 1.55. The minimum absolute atomic E-state index is 0.159. The van der Waals surface area contributed by atoms with Crippen LogP contribution in [0.2, 0.25) is 0 Å². The summed E-state index contributed by atoms with van der Waals surface area (Å²) < 4.78 is 1.38. The molecule has 0 bridgehead atoms. The molecule has 1 aromatic heterocycles. The van der Waals surface area contributed by atoms with Crippen molar-refractivity contribution in [1.29, 1.82) is 0 Å². The van der Waals surface area contributed by atoms with Gasteiger partial charge in [-0.05, 0) is 12.1 Å². The van der Waals surface area contributed by atoms with E-state index >= 15 is 0 Å². The average Bonchev–Trinajstić information content (AvgIpc) is 2.25. The number of nitrogen functional groups attached to an aromatic ring is 1. The van der Waals surface area contributed by atoms with Crippen molar-refractivity contribution in [3.05, 3.63) is 52.6 Å². The summed E-state index contributed by atoms with van der Waals surface area (Å²) in [5.41, 5.74) is 5.61. The summed E-state index contributed by atoms with van der Waals surface area (Å²) in [5.74, 6) is 0.352. The Morgan fingerprint density at radius 1 is 1.31 bits per heavy atom. The normalized spacial score (nSPS) is 10.2. The first-order valence-electron chi connectivity index (χ1n) is 4.76. The van der Waals surface area contributed by atoms with E-state index in [1.807, 2.05) is 0 Å². The van der Waals surface area contributed by atoms with Gasteiger partial charge in [0.2, 0.25) is 0 Å². The van der Waals surface area contributed by atoms with Gasteiger partial charge in [0.15, 0.2) is 0 Å². The molecule has 0 unspecified atom stereocenters. The smallest absolute Gasteiger partial charge is 0.349 e. The molecular formula is C11H11N3O2. The first-order chi connectivity index (χ1) is 7.66. The fourth-order valence-electron chi connectivity index (χ4n) is 1.39. The number of benzene rings is 1. The predicted octanol–water partition coefficient (Wildman–Crippen LogP) is 0.579. The van der Waals surface area contributed by atoms with Crippen molar-refractivity contribution in [1.82, 2.24) is 9.55 Å². The van der Waals surface area contributed by atoms with Crippen LogP contribution in [0.4, 0.5) is 5.82 Å². The maximum atomic E-state index is 11.4. The van der Waals surface area contributed by atoms with E-state index in [2.05, 4.69) is 4.98 Å². The number of nitrogens with two attached hydrogens (primary N) is 1. The molecule has 0 aliphatic heterocycles. The molecule has 16 heavy (non-hydrogen) atoms. The second-order valence-corrected chi connectivity index (χ2v) is 3.39. The van der Waals surface area contributed by atoms with Gasteiger partial charge < -0.3 is 10.8 Å². The summed E-state index contributed by atoms with van der Waals surface area (Å²) in [6, 6.07) is 8.39. The lowest BCUT2D eigenvalue weighted by Gasteiger charge is -2.06. The molecule has 0 aliphatic carbocycles. The molecule has 1 aromatic carbocycles. The van der Waals surface area contributed by atoms with Gasteiger partial charge in [-0.3, -0.25) is 4.57 Å².